The van der Waals surface area contributed by atoms with Crippen LogP contribution in [0.1, 0.15) is 6.42 Å². The fraction of sp³-hybridized carbons (Fsp3) is 0.211. The third kappa shape index (κ3) is 4.57. The molecule has 0 saturated carbocycles. The Morgan fingerprint density at radius 1 is 1.19 bits per heavy atom. The van der Waals surface area contributed by atoms with Gasteiger partial charge < -0.3 is 20.3 Å². The molecule has 8 heteroatoms. The molecule has 1 heterocycles. The van der Waals surface area contributed by atoms with Gasteiger partial charge in [-0.2, -0.15) is 0 Å². The minimum atomic E-state index is -0.943. The number of benzene rings is 2. The second-order valence-corrected chi connectivity index (χ2v) is 6.48. The molecule has 0 aliphatic carbocycles. The van der Waals surface area contributed by atoms with E-state index in [9.17, 15) is 14.4 Å². The highest BCUT2D eigenvalue weighted by Gasteiger charge is 2.30. The lowest BCUT2D eigenvalue weighted by Gasteiger charge is -2.26. The predicted molar refractivity (Wildman–Crippen MR) is 102 cm³/mol. The van der Waals surface area contributed by atoms with E-state index in [4.69, 9.17) is 16.3 Å². The number of amides is 3. The van der Waals surface area contributed by atoms with Crippen LogP contribution in [0.15, 0.2) is 48.5 Å². The predicted octanol–water partition coefficient (Wildman–Crippen LogP) is 2.53. The van der Waals surface area contributed by atoms with Crippen LogP contribution >= 0.6 is 11.6 Å². The topological polar surface area (TPSA) is 87.7 Å². The summed E-state index contributed by atoms with van der Waals surface area (Å²) < 4.78 is 5.60. The molecule has 0 spiro atoms. The van der Waals surface area contributed by atoms with Gasteiger partial charge in [-0.1, -0.05) is 35.9 Å². The van der Waals surface area contributed by atoms with Crippen molar-refractivity contribution >= 4 is 40.7 Å². The standard InChI is InChI=1S/C19H18ClN3O4/c1-23(11-17(24)21-13-7-3-2-6-12(13)20)18(25)10-16-19(26)22-14-8-4-5-9-15(14)27-16/h2-9,16H,10-11H2,1H3,(H,21,24)(H,22,26)/t16-/m0/s1. The second-order valence-electron chi connectivity index (χ2n) is 6.07. The molecule has 3 amide bonds. The number of nitrogens with zero attached hydrogens (tertiary/aromatic N) is 1. The van der Waals surface area contributed by atoms with Gasteiger partial charge in [-0.15, -0.1) is 0 Å². The average Bonchev–Trinajstić information content (AvgIpc) is 2.64. The third-order valence-corrected chi connectivity index (χ3v) is 4.35. The molecule has 2 N–H and O–H groups in total. The molecule has 0 fully saturated rings. The van der Waals surface area contributed by atoms with Crippen LogP contribution in [0.25, 0.3) is 0 Å². The quantitative estimate of drug-likeness (QED) is 0.825. The minimum absolute atomic E-state index is 0.171. The molecule has 7 nitrogen and oxygen atoms in total. The summed E-state index contributed by atoms with van der Waals surface area (Å²) in [7, 11) is 1.49. The SMILES string of the molecule is CN(CC(=O)Nc1ccccc1Cl)C(=O)C[C@@H]1Oc2ccccc2NC1=O. The molecule has 2 aromatic carbocycles. The molecule has 1 aliphatic heterocycles. The minimum Gasteiger partial charge on any atom is -0.478 e. The van der Waals surface area contributed by atoms with Crippen LogP contribution in [0.5, 0.6) is 5.75 Å². The van der Waals surface area contributed by atoms with Gasteiger partial charge in [-0.05, 0) is 24.3 Å². The summed E-state index contributed by atoms with van der Waals surface area (Å²) in [4.78, 5) is 37.9. The lowest BCUT2D eigenvalue weighted by Crippen LogP contribution is -2.43. The number of likely N-dealkylation sites (N-methyl/N-ethyl adjacent to an activating group) is 1. The van der Waals surface area contributed by atoms with Gasteiger partial charge in [0.05, 0.1) is 29.4 Å². The van der Waals surface area contributed by atoms with Gasteiger partial charge in [0.15, 0.2) is 6.10 Å². The van der Waals surface area contributed by atoms with Gasteiger partial charge in [0.2, 0.25) is 11.8 Å². The summed E-state index contributed by atoms with van der Waals surface area (Å²) in [5.41, 5.74) is 1.04. The Balaban J connectivity index is 1.55. The maximum Gasteiger partial charge on any atom is 0.266 e. The first-order valence-electron chi connectivity index (χ1n) is 8.29. The van der Waals surface area contributed by atoms with E-state index in [0.29, 0.717) is 22.1 Å². The normalized spacial score (nSPS) is 15.2. The number of fused-ring (bicyclic) bond motifs is 1. The highest BCUT2D eigenvalue weighted by Crippen LogP contribution is 2.29. The molecule has 140 valence electrons. The molecular formula is C19H18ClN3O4. The molecule has 0 saturated heterocycles. The summed E-state index contributed by atoms with van der Waals surface area (Å²) >= 11 is 6.00. The van der Waals surface area contributed by atoms with Crippen LogP contribution in [0.2, 0.25) is 5.02 Å². The fourth-order valence-electron chi connectivity index (χ4n) is 2.60. The van der Waals surface area contributed by atoms with Crippen molar-refractivity contribution < 1.29 is 19.1 Å². The van der Waals surface area contributed by atoms with E-state index in [-0.39, 0.29) is 18.9 Å². The Hall–Kier alpha value is -3.06. The van der Waals surface area contributed by atoms with Crippen molar-refractivity contribution in [1.29, 1.82) is 0 Å². The number of ether oxygens (including phenoxy) is 1. The number of anilines is 2. The van der Waals surface area contributed by atoms with Gasteiger partial charge in [0, 0.05) is 7.05 Å². The first-order valence-corrected chi connectivity index (χ1v) is 8.66. The fourth-order valence-corrected chi connectivity index (χ4v) is 2.78. The van der Waals surface area contributed by atoms with Gasteiger partial charge >= 0.3 is 0 Å². The zero-order chi connectivity index (χ0) is 19.4. The number of carbonyl (C=O) groups excluding carboxylic acids is 3. The van der Waals surface area contributed by atoms with Crippen LogP contribution in [0, 0.1) is 0 Å². The maximum atomic E-state index is 12.4. The highest BCUT2D eigenvalue weighted by atomic mass is 35.5. The lowest BCUT2D eigenvalue weighted by molar-refractivity contribution is -0.137. The number of hydrogen-bond donors (Lipinski definition) is 2. The Bertz CT molecular complexity index is 887. The van der Waals surface area contributed by atoms with Crippen molar-refractivity contribution in [1.82, 2.24) is 4.90 Å². The zero-order valence-corrected chi connectivity index (χ0v) is 15.3. The summed E-state index contributed by atoms with van der Waals surface area (Å²) in [5.74, 6) is -0.660. The van der Waals surface area contributed by atoms with Crippen LogP contribution in [-0.2, 0) is 14.4 Å². The van der Waals surface area contributed by atoms with Crippen molar-refractivity contribution in [3.8, 4) is 5.75 Å². The van der Waals surface area contributed by atoms with E-state index in [2.05, 4.69) is 10.6 Å². The van der Waals surface area contributed by atoms with Gasteiger partial charge in [0.25, 0.3) is 5.91 Å². The van der Waals surface area contributed by atoms with Crippen LogP contribution in [-0.4, -0.2) is 42.3 Å². The molecule has 27 heavy (non-hydrogen) atoms. The van der Waals surface area contributed by atoms with Gasteiger partial charge in [0.1, 0.15) is 5.75 Å². The number of hydrogen-bond acceptors (Lipinski definition) is 4. The molecule has 0 unspecified atom stereocenters. The number of para-hydroxylation sites is 3. The number of carbonyl (C=O) groups is 3. The lowest BCUT2D eigenvalue weighted by atomic mass is 10.1. The number of rotatable bonds is 5. The summed E-state index contributed by atoms with van der Waals surface area (Å²) in [6.07, 6.45) is -1.11. The average molecular weight is 388 g/mol. The van der Waals surface area contributed by atoms with E-state index >= 15 is 0 Å². The first kappa shape index (κ1) is 18.7. The van der Waals surface area contributed by atoms with Gasteiger partial charge in [-0.25, -0.2) is 0 Å². The highest BCUT2D eigenvalue weighted by molar-refractivity contribution is 6.33. The monoisotopic (exact) mass is 387 g/mol. The molecule has 0 bridgehead atoms. The van der Waals surface area contributed by atoms with E-state index in [1.54, 1.807) is 48.5 Å². The summed E-state index contributed by atoms with van der Waals surface area (Å²) in [6, 6.07) is 13.8. The van der Waals surface area contributed by atoms with Crippen LogP contribution in [0.3, 0.4) is 0 Å². The second kappa shape index (κ2) is 8.09. The Morgan fingerprint density at radius 2 is 1.89 bits per heavy atom. The zero-order valence-electron chi connectivity index (χ0n) is 14.6. The summed E-state index contributed by atoms with van der Waals surface area (Å²) in [6.45, 7) is -0.172. The van der Waals surface area contributed by atoms with Crippen molar-refractivity contribution in [2.45, 2.75) is 12.5 Å². The van der Waals surface area contributed by atoms with Crippen molar-refractivity contribution in [2.75, 3.05) is 24.2 Å². The van der Waals surface area contributed by atoms with E-state index in [0.717, 1.165) is 0 Å². The van der Waals surface area contributed by atoms with Crippen LogP contribution in [0.4, 0.5) is 11.4 Å². The molecule has 1 aliphatic rings. The maximum absolute atomic E-state index is 12.4. The van der Waals surface area contributed by atoms with Crippen molar-refractivity contribution in [3.05, 3.63) is 53.6 Å². The van der Waals surface area contributed by atoms with E-state index < -0.39 is 17.9 Å². The van der Waals surface area contributed by atoms with Crippen LogP contribution < -0.4 is 15.4 Å². The molecule has 0 aromatic heterocycles. The molecule has 1 atom stereocenters. The molecular weight excluding hydrogens is 370 g/mol. The summed E-state index contributed by atoms with van der Waals surface area (Å²) in [5, 5.41) is 5.76. The number of nitrogens with one attached hydrogen (secondary N) is 2. The van der Waals surface area contributed by atoms with Gasteiger partial charge in [-0.3, -0.25) is 14.4 Å². The smallest absolute Gasteiger partial charge is 0.266 e. The number of halogens is 1. The molecule has 2 aromatic rings. The van der Waals surface area contributed by atoms with E-state index in [1.807, 2.05) is 0 Å². The Labute approximate surface area is 161 Å². The largest absolute Gasteiger partial charge is 0.478 e. The van der Waals surface area contributed by atoms with Crippen molar-refractivity contribution in [3.63, 3.8) is 0 Å². The van der Waals surface area contributed by atoms with E-state index in [1.165, 1.54) is 11.9 Å². The Kier molecular flexibility index (Phi) is 5.61. The third-order valence-electron chi connectivity index (χ3n) is 4.02. The molecule has 0 radical (unpaired) electrons. The molecule has 3 rings (SSSR count). The Morgan fingerprint density at radius 3 is 2.67 bits per heavy atom. The van der Waals surface area contributed by atoms with Crippen molar-refractivity contribution in [2.24, 2.45) is 0 Å². The first-order chi connectivity index (χ1) is 12.9.